The predicted octanol–water partition coefficient (Wildman–Crippen LogP) is 2.48. The molecule has 0 saturated carbocycles. The number of hydrogen-bond donors (Lipinski definition) is 1. The number of carbonyl (C=O) groups is 1. The van der Waals surface area contributed by atoms with Crippen LogP contribution in [-0.2, 0) is 4.74 Å². The van der Waals surface area contributed by atoms with Crippen molar-refractivity contribution in [2.45, 2.75) is 12.5 Å². The molecule has 0 heterocycles. The van der Waals surface area contributed by atoms with E-state index in [0.717, 1.165) is 6.07 Å². The van der Waals surface area contributed by atoms with Gasteiger partial charge in [0.15, 0.2) is 17.5 Å². The van der Waals surface area contributed by atoms with Crippen molar-refractivity contribution in [3.05, 3.63) is 35.1 Å². The monoisotopic (exact) mass is 295 g/mol. The normalized spacial score (nSPS) is 12.3. The van der Waals surface area contributed by atoms with Crippen LogP contribution in [0.1, 0.15) is 16.8 Å². The molecule has 0 spiro atoms. The fourth-order valence-electron chi connectivity index (χ4n) is 1.41. The van der Waals surface area contributed by atoms with Crippen LogP contribution < -0.4 is 5.32 Å². The van der Waals surface area contributed by atoms with Gasteiger partial charge in [-0.05, 0) is 18.6 Å². The van der Waals surface area contributed by atoms with E-state index in [1.807, 2.05) is 0 Å². The maximum atomic E-state index is 13.4. The van der Waals surface area contributed by atoms with Crippen LogP contribution in [0.5, 0.6) is 0 Å². The molecule has 3 nitrogen and oxygen atoms in total. The smallest absolute Gasteiger partial charge is 0.254 e. The Kier molecular flexibility index (Phi) is 6.11. The molecule has 0 radical (unpaired) electrons. The van der Waals surface area contributed by atoms with E-state index in [1.54, 1.807) is 0 Å². The Morgan fingerprint density at radius 3 is 2.63 bits per heavy atom. The van der Waals surface area contributed by atoms with Crippen molar-refractivity contribution in [3.63, 3.8) is 0 Å². The number of rotatable bonds is 6. The molecule has 0 bridgehead atoms. The summed E-state index contributed by atoms with van der Waals surface area (Å²) in [7, 11) is 1.49. The summed E-state index contributed by atoms with van der Waals surface area (Å²) in [6, 6.07) is 1.13. The molecule has 1 rings (SSSR count). The third kappa shape index (κ3) is 4.11. The Morgan fingerprint density at radius 2 is 2.05 bits per heavy atom. The first-order valence-electron chi connectivity index (χ1n) is 5.50. The van der Waals surface area contributed by atoms with Gasteiger partial charge in [-0.25, -0.2) is 13.2 Å². The van der Waals surface area contributed by atoms with E-state index < -0.39 is 35.0 Å². The lowest BCUT2D eigenvalue weighted by Crippen LogP contribution is -2.37. The van der Waals surface area contributed by atoms with Crippen molar-refractivity contribution in [1.29, 1.82) is 0 Å². The molecule has 1 atom stereocenters. The van der Waals surface area contributed by atoms with Gasteiger partial charge in [0.1, 0.15) is 0 Å². The summed E-state index contributed by atoms with van der Waals surface area (Å²) in [5, 5.41) is 2.43. The summed E-state index contributed by atoms with van der Waals surface area (Å²) in [5.74, 6) is -5.29. The fourth-order valence-corrected chi connectivity index (χ4v) is 1.64. The zero-order chi connectivity index (χ0) is 14.4. The van der Waals surface area contributed by atoms with Gasteiger partial charge in [0, 0.05) is 25.6 Å². The molecular weight excluding hydrogens is 283 g/mol. The zero-order valence-electron chi connectivity index (χ0n) is 10.2. The Bertz CT molecular complexity index is 457. The lowest BCUT2D eigenvalue weighted by atomic mass is 10.1. The van der Waals surface area contributed by atoms with Gasteiger partial charge in [-0.3, -0.25) is 4.79 Å². The molecule has 0 aromatic heterocycles. The van der Waals surface area contributed by atoms with Crippen molar-refractivity contribution in [3.8, 4) is 0 Å². The van der Waals surface area contributed by atoms with Gasteiger partial charge in [-0.2, -0.15) is 0 Å². The molecule has 1 aromatic rings. The number of alkyl halides is 1. The van der Waals surface area contributed by atoms with E-state index in [-0.39, 0.29) is 5.88 Å². The number of methoxy groups -OCH3 is 1. The molecule has 0 saturated heterocycles. The van der Waals surface area contributed by atoms with Crippen LogP contribution in [0, 0.1) is 17.5 Å². The van der Waals surface area contributed by atoms with Crippen LogP contribution in [0.4, 0.5) is 13.2 Å². The van der Waals surface area contributed by atoms with E-state index in [4.69, 9.17) is 16.3 Å². The van der Waals surface area contributed by atoms with E-state index in [9.17, 15) is 18.0 Å². The maximum absolute atomic E-state index is 13.4. The first-order valence-corrected chi connectivity index (χ1v) is 6.04. The highest BCUT2D eigenvalue weighted by Crippen LogP contribution is 2.15. The minimum absolute atomic E-state index is 0.0976. The summed E-state index contributed by atoms with van der Waals surface area (Å²) in [6.45, 7) is 0.359. The molecule has 0 aliphatic carbocycles. The molecule has 106 valence electrons. The number of benzene rings is 1. The molecule has 1 amide bonds. The largest absolute Gasteiger partial charge is 0.385 e. The fraction of sp³-hybridized carbons (Fsp3) is 0.417. The van der Waals surface area contributed by atoms with Crippen LogP contribution in [0.2, 0.25) is 0 Å². The van der Waals surface area contributed by atoms with Crippen molar-refractivity contribution in [2.24, 2.45) is 0 Å². The van der Waals surface area contributed by atoms with Gasteiger partial charge in [0.2, 0.25) is 0 Å². The highest BCUT2D eigenvalue weighted by molar-refractivity contribution is 6.18. The van der Waals surface area contributed by atoms with Crippen LogP contribution in [0.25, 0.3) is 0 Å². The van der Waals surface area contributed by atoms with Gasteiger partial charge in [-0.15, -0.1) is 11.6 Å². The Balaban J connectivity index is 2.80. The van der Waals surface area contributed by atoms with Crippen LogP contribution in [0.3, 0.4) is 0 Å². The van der Waals surface area contributed by atoms with Crippen molar-refractivity contribution in [1.82, 2.24) is 5.32 Å². The minimum atomic E-state index is -1.67. The van der Waals surface area contributed by atoms with Gasteiger partial charge in [-0.1, -0.05) is 0 Å². The molecule has 0 fully saturated rings. The van der Waals surface area contributed by atoms with Crippen LogP contribution >= 0.6 is 11.6 Å². The summed E-state index contributed by atoms with van der Waals surface area (Å²) >= 11 is 5.63. The lowest BCUT2D eigenvalue weighted by molar-refractivity contribution is 0.0925. The minimum Gasteiger partial charge on any atom is -0.385 e. The van der Waals surface area contributed by atoms with Gasteiger partial charge in [0.05, 0.1) is 5.56 Å². The van der Waals surface area contributed by atoms with E-state index in [0.29, 0.717) is 19.1 Å². The first-order chi connectivity index (χ1) is 9.01. The molecule has 19 heavy (non-hydrogen) atoms. The second kappa shape index (κ2) is 7.35. The van der Waals surface area contributed by atoms with Crippen molar-refractivity contribution >= 4 is 17.5 Å². The summed E-state index contributed by atoms with van der Waals surface area (Å²) in [4.78, 5) is 11.7. The Labute approximate surface area is 113 Å². The average molecular weight is 296 g/mol. The maximum Gasteiger partial charge on any atom is 0.254 e. The number of halogens is 4. The number of ether oxygens (including phenoxy) is 1. The third-order valence-electron chi connectivity index (χ3n) is 2.47. The van der Waals surface area contributed by atoms with Gasteiger partial charge in [0.25, 0.3) is 5.91 Å². The highest BCUT2D eigenvalue weighted by atomic mass is 35.5. The zero-order valence-corrected chi connectivity index (χ0v) is 10.9. The number of carbonyl (C=O) groups excluding carboxylic acids is 1. The second-order valence-corrected chi connectivity index (χ2v) is 4.14. The van der Waals surface area contributed by atoms with E-state index in [2.05, 4.69) is 5.32 Å². The van der Waals surface area contributed by atoms with Crippen LogP contribution in [-0.4, -0.2) is 31.5 Å². The number of hydrogen-bond acceptors (Lipinski definition) is 2. The summed E-state index contributed by atoms with van der Waals surface area (Å²) in [6.07, 6.45) is 0.428. The summed E-state index contributed by atoms with van der Waals surface area (Å²) < 4.78 is 43.9. The lowest BCUT2D eigenvalue weighted by Gasteiger charge is -2.16. The number of amides is 1. The summed E-state index contributed by atoms with van der Waals surface area (Å²) in [5.41, 5.74) is -0.563. The molecule has 1 aromatic carbocycles. The highest BCUT2D eigenvalue weighted by Gasteiger charge is 2.20. The predicted molar refractivity (Wildman–Crippen MR) is 64.8 cm³/mol. The van der Waals surface area contributed by atoms with Crippen molar-refractivity contribution < 1.29 is 22.7 Å². The van der Waals surface area contributed by atoms with E-state index >= 15 is 0 Å². The number of nitrogens with one attached hydrogen (secondary N) is 1. The van der Waals surface area contributed by atoms with Gasteiger partial charge >= 0.3 is 0 Å². The third-order valence-corrected chi connectivity index (χ3v) is 2.84. The van der Waals surface area contributed by atoms with Crippen LogP contribution in [0.15, 0.2) is 12.1 Å². The average Bonchev–Trinajstić information content (AvgIpc) is 2.40. The molecular formula is C12H13ClF3NO2. The quantitative estimate of drug-likeness (QED) is 0.647. The van der Waals surface area contributed by atoms with E-state index in [1.165, 1.54) is 7.11 Å². The topological polar surface area (TPSA) is 38.3 Å². The Hall–Kier alpha value is -1.27. The first kappa shape index (κ1) is 15.8. The second-order valence-electron chi connectivity index (χ2n) is 3.83. The SMILES string of the molecule is COCCC(CCl)NC(=O)c1ccc(F)c(F)c1F. The Morgan fingerprint density at radius 1 is 1.37 bits per heavy atom. The molecule has 1 unspecified atom stereocenters. The molecule has 0 aliphatic rings. The standard InChI is InChI=1S/C12H13ClF3NO2/c1-19-5-4-7(6-13)17-12(18)8-2-3-9(14)11(16)10(8)15/h2-3,7H,4-6H2,1H3,(H,17,18). The van der Waals surface area contributed by atoms with Crippen molar-refractivity contribution in [2.75, 3.05) is 19.6 Å². The van der Waals surface area contributed by atoms with Gasteiger partial charge < -0.3 is 10.1 Å². The molecule has 7 heteroatoms. The molecule has 0 aliphatic heterocycles. The molecule has 1 N–H and O–H groups in total.